The van der Waals surface area contributed by atoms with E-state index in [-0.39, 0.29) is 73.0 Å². The first-order valence-electron chi connectivity index (χ1n) is 11.6. The number of aryl methyl sites for hydroxylation is 1. The highest BCUT2D eigenvalue weighted by molar-refractivity contribution is 5.93. The lowest BCUT2D eigenvalue weighted by Crippen LogP contribution is -2.50. The topological polar surface area (TPSA) is 69.4 Å². The summed E-state index contributed by atoms with van der Waals surface area (Å²) < 4.78 is 52.1. The highest BCUT2D eigenvalue weighted by Gasteiger charge is 2.41. The van der Waals surface area contributed by atoms with E-state index in [9.17, 15) is 22.8 Å². The number of carbonyl (C=O) groups excluding carboxylic acids is 1. The smallest absolute Gasteiger partial charge is 0.277 e. The van der Waals surface area contributed by atoms with Crippen LogP contribution in [0, 0.1) is 12.7 Å². The summed E-state index contributed by atoms with van der Waals surface area (Å²) in [5, 5.41) is 0. The molecule has 184 valence electrons. The van der Waals surface area contributed by atoms with Gasteiger partial charge in [0, 0.05) is 31.3 Å². The third kappa shape index (κ3) is 4.00. The Labute approximate surface area is 199 Å². The van der Waals surface area contributed by atoms with Crippen LogP contribution in [0.2, 0.25) is 0 Å². The molecular formula is C25H25F3N4O3. The van der Waals surface area contributed by atoms with Crippen LogP contribution >= 0.6 is 0 Å². The number of amides is 1. The number of aromatic nitrogens is 3. The van der Waals surface area contributed by atoms with E-state index in [1.165, 1.54) is 10.6 Å². The van der Waals surface area contributed by atoms with Gasteiger partial charge in [-0.05, 0) is 51.0 Å². The zero-order chi connectivity index (χ0) is 24.9. The minimum Gasteiger partial charge on any atom is -0.491 e. The van der Waals surface area contributed by atoms with Crippen LogP contribution in [0.25, 0.3) is 5.69 Å². The fourth-order valence-electron chi connectivity index (χ4n) is 4.88. The molecule has 0 N–H and O–H groups in total. The third-order valence-corrected chi connectivity index (χ3v) is 6.70. The Hall–Kier alpha value is -3.56. The minimum absolute atomic E-state index is 0.00218. The van der Waals surface area contributed by atoms with Gasteiger partial charge in [-0.1, -0.05) is 0 Å². The number of pyridine rings is 1. The summed E-state index contributed by atoms with van der Waals surface area (Å²) in [5.41, 5.74) is 0.728. The summed E-state index contributed by atoms with van der Waals surface area (Å²) in [7, 11) is 0. The van der Waals surface area contributed by atoms with Crippen LogP contribution in [0.5, 0.6) is 5.75 Å². The predicted molar refractivity (Wildman–Crippen MR) is 122 cm³/mol. The van der Waals surface area contributed by atoms with Gasteiger partial charge in [0.1, 0.15) is 29.6 Å². The molecule has 1 amide bonds. The molecule has 0 bridgehead atoms. The average Bonchev–Trinajstić information content (AvgIpc) is 3.25. The van der Waals surface area contributed by atoms with Crippen molar-refractivity contribution in [2.45, 2.75) is 51.6 Å². The van der Waals surface area contributed by atoms with Gasteiger partial charge in [0.05, 0.1) is 23.6 Å². The summed E-state index contributed by atoms with van der Waals surface area (Å²) in [6.45, 7) is 4.08. The molecule has 2 aliphatic rings. The van der Waals surface area contributed by atoms with Crippen molar-refractivity contribution in [2.24, 2.45) is 0 Å². The Balaban J connectivity index is 1.35. The minimum atomic E-state index is -3.17. The summed E-state index contributed by atoms with van der Waals surface area (Å²) in [4.78, 5) is 31.9. The van der Waals surface area contributed by atoms with Crippen LogP contribution in [0.4, 0.5) is 13.2 Å². The normalized spacial score (nSPS) is 17.6. The van der Waals surface area contributed by atoms with Gasteiger partial charge < -0.3 is 18.8 Å². The van der Waals surface area contributed by atoms with E-state index < -0.39 is 17.8 Å². The standard InChI is InChI=1S/C25H25F3N4O3/c1-15-12-30(14-29-15)19-6-7-20-24(34)31(10-11-32(20)23(19)33)16(2)13-35-21-8-5-18(26)17-4-3-9-25(27,28)22(17)21/h5-8,12,14,16H,3-4,9-11,13H2,1-2H3/t16-/m0/s1. The van der Waals surface area contributed by atoms with Crippen molar-refractivity contribution in [3.63, 3.8) is 0 Å². The second kappa shape index (κ2) is 8.58. The first kappa shape index (κ1) is 23.2. The Kier molecular flexibility index (Phi) is 5.69. The maximum Gasteiger partial charge on any atom is 0.277 e. The first-order valence-corrected chi connectivity index (χ1v) is 11.6. The molecule has 10 heteroatoms. The summed E-state index contributed by atoms with van der Waals surface area (Å²) in [6.07, 6.45) is 3.37. The van der Waals surface area contributed by atoms with Crippen LogP contribution in [0.3, 0.4) is 0 Å². The van der Waals surface area contributed by atoms with Gasteiger partial charge in [0.15, 0.2) is 0 Å². The second-order valence-corrected chi connectivity index (χ2v) is 9.10. The molecule has 1 aliphatic heterocycles. The predicted octanol–water partition coefficient (Wildman–Crippen LogP) is 3.83. The van der Waals surface area contributed by atoms with Gasteiger partial charge in [0.25, 0.3) is 17.4 Å². The molecular weight excluding hydrogens is 461 g/mol. The molecule has 1 atom stereocenters. The molecule has 0 saturated heterocycles. The van der Waals surface area contributed by atoms with Crippen LogP contribution in [0.15, 0.2) is 41.6 Å². The maximum absolute atomic E-state index is 14.6. The highest BCUT2D eigenvalue weighted by Crippen LogP contribution is 2.45. The van der Waals surface area contributed by atoms with E-state index in [1.54, 1.807) is 41.0 Å². The van der Waals surface area contributed by atoms with Gasteiger partial charge in [-0.25, -0.2) is 18.2 Å². The zero-order valence-corrected chi connectivity index (χ0v) is 19.4. The number of imidazole rings is 1. The quantitative estimate of drug-likeness (QED) is 0.550. The Morgan fingerprint density at radius 1 is 1.17 bits per heavy atom. The number of carbonyl (C=O) groups is 1. The number of rotatable bonds is 5. The van der Waals surface area contributed by atoms with Crippen molar-refractivity contribution < 1.29 is 22.7 Å². The molecule has 0 saturated carbocycles. The molecule has 3 aromatic rings. The van der Waals surface area contributed by atoms with Crippen molar-refractivity contribution >= 4 is 5.91 Å². The molecule has 0 spiro atoms. The second-order valence-electron chi connectivity index (χ2n) is 9.10. The van der Waals surface area contributed by atoms with E-state index in [0.29, 0.717) is 5.69 Å². The van der Waals surface area contributed by atoms with Crippen molar-refractivity contribution in [3.05, 3.63) is 75.5 Å². The van der Waals surface area contributed by atoms with Crippen LogP contribution < -0.4 is 10.3 Å². The molecule has 3 heterocycles. The number of nitrogens with zero attached hydrogens (tertiary/aromatic N) is 4. The van der Waals surface area contributed by atoms with E-state index >= 15 is 0 Å². The average molecular weight is 486 g/mol. The molecule has 1 aliphatic carbocycles. The molecule has 0 unspecified atom stereocenters. The number of alkyl halides is 2. The Morgan fingerprint density at radius 2 is 1.97 bits per heavy atom. The van der Waals surface area contributed by atoms with E-state index in [2.05, 4.69) is 4.98 Å². The van der Waals surface area contributed by atoms with Gasteiger partial charge in [-0.15, -0.1) is 0 Å². The summed E-state index contributed by atoms with van der Waals surface area (Å²) >= 11 is 0. The van der Waals surface area contributed by atoms with E-state index in [4.69, 9.17) is 4.74 Å². The number of ether oxygens (including phenoxy) is 1. The van der Waals surface area contributed by atoms with Gasteiger partial charge in [0.2, 0.25) is 0 Å². The third-order valence-electron chi connectivity index (χ3n) is 6.70. The highest BCUT2D eigenvalue weighted by atomic mass is 19.3. The van der Waals surface area contributed by atoms with Crippen molar-refractivity contribution in [1.82, 2.24) is 19.0 Å². The Bertz CT molecular complexity index is 1360. The van der Waals surface area contributed by atoms with Gasteiger partial charge in [-0.3, -0.25) is 9.59 Å². The lowest BCUT2D eigenvalue weighted by Gasteiger charge is -2.34. The summed E-state index contributed by atoms with van der Waals surface area (Å²) in [5.74, 6) is -4.22. The number of fused-ring (bicyclic) bond motifs is 2. The fraction of sp³-hybridized carbons (Fsp3) is 0.400. The molecule has 35 heavy (non-hydrogen) atoms. The largest absolute Gasteiger partial charge is 0.491 e. The van der Waals surface area contributed by atoms with Crippen molar-refractivity contribution in [1.29, 1.82) is 0 Å². The lowest BCUT2D eigenvalue weighted by atomic mass is 9.87. The Morgan fingerprint density at radius 3 is 2.71 bits per heavy atom. The van der Waals surface area contributed by atoms with E-state index in [1.807, 2.05) is 6.92 Å². The molecule has 0 fully saturated rings. The fourth-order valence-corrected chi connectivity index (χ4v) is 4.88. The molecule has 7 nitrogen and oxygen atoms in total. The maximum atomic E-state index is 14.6. The van der Waals surface area contributed by atoms with Crippen molar-refractivity contribution in [3.8, 4) is 11.4 Å². The first-order chi connectivity index (χ1) is 16.7. The van der Waals surface area contributed by atoms with Crippen LogP contribution in [-0.4, -0.2) is 44.1 Å². The van der Waals surface area contributed by atoms with Crippen LogP contribution in [-0.2, 0) is 18.9 Å². The number of benzene rings is 1. The number of hydrogen-bond acceptors (Lipinski definition) is 4. The van der Waals surface area contributed by atoms with E-state index in [0.717, 1.165) is 11.8 Å². The molecule has 5 rings (SSSR count). The molecule has 2 aromatic heterocycles. The molecule has 1 aromatic carbocycles. The monoisotopic (exact) mass is 486 g/mol. The number of hydrogen-bond donors (Lipinski definition) is 0. The molecule has 0 radical (unpaired) electrons. The SMILES string of the molecule is Cc1cn(-c2ccc3n(c2=O)CCN([C@@H](C)COc2ccc(F)c4c2C(F)(F)CCC4)C3=O)cn1. The van der Waals surface area contributed by atoms with Crippen LogP contribution in [0.1, 0.15) is 47.1 Å². The zero-order valence-electron chi connectivity index (χ0n) is 19.4. The summed E-state index contributed by atoms with van der Waals surface area (Å²) in [6, 6.07) is 5.11. The van der Waals surface area contributed by atoms with Crippen molar-refractivity contribution in [2.75, 3.05) is 13.2 Å². The van der Waals surface area contributed by atoms with Gasteiger partial charge >= 0.3 is 0 Å². The lowest BCUT2D eigenvalue weighted by molar-refractivity contribution is -0.0253. The van der Waals surface area contributed by atoms with Gasteiger partial charge in [-0.2, -0.15) is 0 Å². The number of halogens is 3.